The first kappa shape index (κ1) is 15.3. The maximum Gasteiger partial charge on any atom is 0.324 e. The normalized spacial score (nSPS) is 23.0. The molecule has 2 saturated heterocycles. The number of aromatic nitrogens is 3. The summed E-state index contributed by atoms with van der Waals surface area (Å²) < 4.78 is 1.67. The predicted octanol–water partition coefficient (Wildman–Crippen LogP) is 1.46. The number of urea groups is 1. The number of carbonyl (C=O) groups excluding carboxylic acids is 1. The van der Waals surface area contributed by atoms with E-state index in [1.54, 1.807) is 4.68 Å². The highest BCUT2D eigenvalue weighted by molar-refractivity contribution is 5.87. The number of hydrogen-bond donors (Lipinski definition) is 1. The topological polar surface area (TPSA) is 66.3 Å². The zero-order valence-corrected chi connectivity index (χ0v) is 13.6. The van der Waals surface area contributed by atoms with Gasteiger partial charge in [-0.1, -0.05) is 0 Å². The van der Waals surface area contributed by atoms with Crippen LogP contribution in [0.3, 0.4) is 0 Å². The third-order valence-electron chi connectivity index (χ3n) is 4.72. The van der Waals surface area contributed by atoms with E-state index in [0.717, 1.165) is 31.9 Å². The largest absolute Gasteiger partial charge is 0.324 e. The van der Waals surface area contributed by atoms with E-state index in [1.165, 1.54) is 32.4 Å². The molecule has 0 bridgehead atoms. The Hall–Kier alpha value is -1.63. The Morgan fingerprint density at radius 2 is 2.05 bits per heavy atom. The first-order valence-electron chi connectivity index (χ1n) is 8.28. The van der Waals surface area contributed by atoms with Crippen LogP contribution in [0, 0.1) is 12.8 Å². The summed E-state index contributed by atoms with van der Waals surface area (Å²) in [5.41, 5.74) is 0. The van der Waals surface area contributed by atoms with Gasteiger partial charge >= 0.3 is 6.03 Å². The Morgan fingerprint density at radius 3 is 2.73 bits per heavy atom. The summed E-state index contributed by atoms with van der Waals surface area (Å²) in [5, 5.41) is 7.00. The van der Waals surface area contributed by atoms with Crippen LogP contribution in [0.4, 0.5) is 10.7 Å². The molecule has 1 aromatic heterocycles. The summed E-state index contributed by atoms with van der Waals surface area (Å²) in [4.78, 5) is 21.1. The Labute approximate surface area is 131 Å². The number of likely N-dealkylation sites (tertiary alicyclic amines) is 2. The van der Waals surface area contributed by atoms with Crippen LogP contribution in [0.1, 0.15) is 31.5 Å². The summed E-state index contributed by atoms with van der Waals surface area (Å²) in [6.45, 7) is 7.11. The average molecular weight is 306 g/mol. The van der Waals surface area contributed by atoms with Crippen molar-refractivity contribution in [3.63, 3.8) is 0 Å². The summed E-state index contributed by atoms with van der Waals surface area (Å²) in [5.74, 6) is 1.78. The average Bonchev–Trinajstić information content (AvgIpc) is 3.10. The lowest BCUT2D eigenvalue weighted by molar-refractivity contribution is 0.155. The van der Waals surface area contributed by atoms with Crippen molar-refractivity contribution < 1.29 is 4.79 Å². The van der Waals surface area contributed by atoms with Crippen molar-refractivity contribution in [1.29, 1.82) is 0 Å². The van der Waals surface area contributed by atoms with Crippen molar-refractivity contribution in [2.75, 3.05) is 38.0 Å². The van der Waals surface area contributed by atoms with Gasteiger partial charge in [0, 0.05) is 26.7 Å². The quantitative estimate of drug-likeness (QED) is 0.918. The lowest BCUT2D eigenvalue weighted by atomic mass is 9.98. The van der Waals surface area contributed by atoms with Crippen LogP contribution >= 0.6 is 0 Å². The van der Waals surface area contributed by atoms with E-state index in [2.05, 4.69) is 20.3 Å². The van der Waals surface area contributed by atoms with E-state index < -0.39 is 0 Å². The van der Waals surface area contributed by atoms with E-state index in [0.29, 0.717) is 11.9 Å². The van der Waals surface area contributed by atoms with Crippen molar-refractivity contribution in [2.24, 2.45) is 13.0 Å². The molecule has 22 heavy (non-hydrogen) atoms. The monoisotopic (exact) mass is 306 g/mol. The van der Waals surface area contributed by atoms with Crippen molar-refractivity contribution >= 4 is 12.0 Å². The molecule has 0 aliphatic carbocycles. The number of hydrogen-bond acceptors (Lipinski definition) is 4. The molecular weight excluding hydrogens is 280 g/mol. The van der Waals surface area contributed by atoms with Gasteiger partial charge in [-0.25, -0.2) is 4.79 Å². The van der Waals surface area contributed by atoms with Gasteiger partial charge < -0.3 is 9.80 Å². The molecule has 122 valence electrons. The zero-order valence-electron chi connectivity index (χ0n) is 13.6. The molecular formula is C15H26N6O. The van der Waals surface area contributed by atoms with Gasteiger partial charge in [-0.05, 0) is 51.6 Å². The van der Waals surface area contributed by atoms with E-state index in [9.17, 15) is 4.79 Å². The molecule has 0 radical (unpaired) electrons. The van der Waals surface area contributed by atoms with Gasteiger partial charge in [-0.2, -0.15) is 4.98 Å². The van der Waals surface area contributed by atoms with Gasteiger partial charge in [0.2, 0.25) is 5.95 Å². The number of nitrogens with one attached hydrogen (secondary N) is 1. The van der Waals surface area contributed by atoms with Gasteiger partial charge in [0.1, 0.15) is 5.82 Å². The fraction of sp³-hybridized carbons (Fsp3) is 0.800. The molecule has 0 saturated carbocycles. The fourth-order valence-corrected chi connectivity index (χ4v) is 3.42. The molecule has 1 aromatic rings. The number of rotatable bonds is 3. The second-order valence-corrected chi connectivity index (χ2v) is 6.50. The number of amides is 2. The number of piperidine rings is 1. The molecule has 1 atom stereocenters. The van der Waals surface area contributed by atoms with Gasteiger partial charge in [0.15, 0.2) is 0 Å². The highest BCUT2D eigenvalue weighted by Gasteiger charge is 2.26. The predicted molar refractivity (Wildman–Crippen MR) is 84.7 cm³/mol. The molecule has 7 nitrogen and oxygen atoms in total. The molecule has 2 aliphatic rings. The van der Waals surface area contributed by atoms with Gasteiger partial charge in [-0.15, -0.1) is 5.10 Å². The van der Waals surface area contributed by atoms with E-state index in [1.807, 2.05) is 18.9 Å². The first-order chi connectivity index (χ1) is 10.6. The Kier molecular flexibility index (Phi) is 4.61. The minimum Gasteiger partial charge on any atom is -0.324 e. The van der Waals surface area contributed by atoms with E-state index in [-0.39, 0.29) is 6.03 Å². The SMILES string of the molecule is Cc1nc(NC(=O)N2CCCC(CN3CCCC3)C2)nn1C. The Balaban J connectivity index is 1.53. The minimum atomic E-state index is -0.0725. The number of nitrogens with zero attached hydrogens (tertiary/aromatic N) is 5. The summed E-state index contributed by atoms with van der Waals surface area (Å²) >= 11 is 0. The summed E-state index contributed by atoms with van der Waals surface area (Å²) in [6, 6.07) is -0.0725. The van der Waals surface area contributed by atoms with Crippen LogP contribution in [0.25, 0.3) is 0 Å². The van der Waals surface area contributed by atoms with Crippen molar-refractivity contribution in [1.82, 2.24) is 24.6 Å². The highest BCUT2D eigenvalue weighted by Crippen LogP contribution is 2.20. The van der Waals surface area contributed by atoms with Crippen LogP contribution in [0.2, 0.25) is 0 Å². The van der Waals surface area contributed by atoms with Crippen molar-refractivity contribution in [3.8, 4) is 0 Å². The van der Waals surface area contributed by atoms with Gasteiger partial charge in [0.25, 0.3) is 0 Å². The van der Waals surface area contributed by atoms with Crippen LogP contribution in [0.15, 0.2) is 0 Å². The molecule has 0 aromatic carbocycles. The van der Waals surface area contributed by atoms with Crippen LogP contribution in [-0.4, -0.2) is 63.3 Å². The lowest BCUT2D eigenvalue weighted by Gasteiger charge is -2.34. The molecule has 2 aliphatic heterocycles. The molecule has 0 spiro atoms. The number of aryl methyl sites for hydroxylation is 2. The number of carbonyl (C=O) groups is 1. The van der Waals surface area contributed by atoms with E-state index >= 15 is 0 Å². The maximum atomic E-state index is 12.4. The third kappa shape index (κ3) is 3.58. The second-order valence-electron chi connectivity index (χ2n) is 6.50. The molecule has 1 N–H and O–H groups in total. The highest BCUT2D eigenvalue weighted by atomic mass is 16.2. The number of anilines is 1. The fourth-order valence-electron chi connectivity index (χ4n) is 3.42. The van der Waals surface area contributed by atoms with Gasteiger partial charge in [-0.3, -0.25) is 10.00 Å². The van der Waals surface area contributed by atoms with Crippen LogP contribution in [0.5, 0.6) is 0 Å². The third-order valence-corrected chi connectivity index (χ3v) is 4.72. The molecule has 3 rings (SSSR count). The molecule has 3 heterocycles. The minimum absolute atomic E-state index is 0.0725. The molecule has 2 amide bonds. The molecule has 7 heteroatoms. The smallest absolute Gasteiger partial charge is 0.324 e. The van der Waals surface area contributed by atoms with Crippen molar-refractivity contribution in [3.05, 3.63) is 5.82 Å². The maximum absolute atomic E-state index is 12.4. The van der Waals surface area contributed by atoms with Crippen LogP contribution < -0.4 is 5.32 Å². The molecule has 1 unspecified atom stereocenters. The van der Waals surface area contributed by atoms with Crippen LogP contribution in [-0.2, 0) is 7.05 Å². The first-order valence-corrected chi connectivity index (χ1v) is 8.28. The summed E-state index contributed by atoms with van der Waals surface area (Å²) in [6.07, 6.45) is 4.95. The summed E-state index contributed by atoms with van der Waals surface area (Å²) in [7, 11) is 1.82. The standard InChI is InChI=1S/C15H26N6O/c1-12-16-14(18-19(12)2)17-15(22)21-9-5-6-13(11-21)10-20-7-3-4-8-20/h13H,3-11H2,1-2H3,(H,17,18,22). The molecule has 2 fully saturated rings. The Bertz CT molecular complexity index is 503. The van der Waals surface area contributed by atoms with Crippen molar-refractivity contribution in [2.45, 2.75) is 32.6 Å². The lowest BCUT2D eigenvalue weighted by Crippen LogP contribution is -2.45. The van der Waals surface area contributed by atoms with Gasteiger partial charge in [0.05, 0.1) is 0 Å². The second kappa shape index (κ2) is 6.64. The van der Waals surface area contributed by atoms with E-state index in [4.69, 9.17) is 0 Å². The Morgan fingerprint density at radius 1 is 1.27 bits per heavy atom. The zero-order chi connectivity index (χ0) is 15.5.